The third-order valence-electron chi connectivity index (χ3n) is 3.54. The maximum Gasteiger partial charge on any atom is 0.312 e. The summed E-state index contributed by atoms with van der Waals surface area (Å²) in [6, 6.07) is 7.34. The van der Waals surface area contributed by atoms with Gasteiger partial charge in [0.1, 0.15) is 5.69 Å². The quantitative estimate of drug-likeness (QED) is 0.803. The van der Waals surface area contributed by atoms with Crippen LogP contribution in [0.2, 0.25) is 0 Å². The Bertz CT molecular complexity index is 646. The van der Waals surface area contributed by atoms with Crippen molar-refractivity contribution in [3.8, 4) is 0 Å². The van der Waals surface area contributed by atoms with Crippen molar-refractivity contribution in [3.63, 3.8) is 0 Å². The molecule has 5 nitrogen and oxygen atoms in total. The van der Waals surface area contributed by atoms with E-state index in [0.29, 0.717) is 24.1 Å². The maximum absolute atomic E-state index is 11.9. The zero-order chi connectivity index (χ0) is 13.9. The van der Waals surface area contributed by atoms with Gasteiger partial charge in [0.2, 0.25) is 0 Å². The van der Waals surface area contributed by atoms with E-state index in [2.05, 4.69) is 5.16 Å². The normalized spacial score (nSPS) is 19.2. The van der Waals surface area contributed by atoms with E-state index < -0.39 is 12.1 Å². The van der Waals surface area contributed by atoms with E-state index in [4.69, 9.17) is 9.26 Å². The number of aromatic nitrogens is 1. The first kappa shape index (κ1) is 12.8. The average Bonchev–Trinajstić information content (AvgIpc) is 2.85. The molecule has 0 N–H and O–H groups in total. The Morgan fingerprint density at radius 2 is 2.20 bits per heavy atom. The molecular formula is C15H15NO4. The smallest absolute Gasteiger partial charge is 0.312 e. The molecule has 1 aromatic carbocycles. The number of rotatable bonds is 3. The predicted molar refractivity (Wildman–Crippen MR) is 71.1 cm³/mol. The highest BCUT2D eigenvalue weighted by Crippen LogP contribution is 2.20. The van der Waals surface area contributed by atoms with Crippen LogP contribution in [0.15, 0.2) is 28.8 Å². The fraction of sp³-hybridized carbons (Fsp3) is 0.400. The van der Waals surface area contributed by atoms with Crippen molar-refractivity contribution in [1.82, 2.24) is 5.16 Å². The van der Waals surface area contributed by atoms with Crippen molar-refractivity contribution >= 4 is 22.7 Å². The van der Waals surface area contributed by atoms with Crippen LogP contribution in [-0.2, 0) is 20.7 Å². The van der Waals surface area contributed by atoms with Crippen molar-refractivity contribution in [2.24, 2.45) is 0 Å². The molecule has 1 aliphatic carbocycles. The van der Waals surface area contributed by atoms with E-state index in [1.54, 1.807) is 6.07 Å². The number of benzene rings is 1. The number of para-hydroxylation sites is 1. The van der Waals surface area contributed by atoms with Crippen molar-refractivity contribution in [3.05, 3.63) is 30.0 Å². The fourth-order valence-electron chi connectivity index (χ4n) is 2.48. The molecule has 1 atom stereocenters. The van der Waals surface area contributed by atoms with Crippen LogP contribution in [0.25, 0.3) is 11.0 Å². The van der Waals surface area contributed by atoms with Gasteiger partial charge in [0.15, 0.2) is 17.5 Å². The Hall–Kier alpha value is -2.17. The lowest BCUT2D eigenvalue weighted by Gasteiger charge is -2.20. The summed E-state index contributed by atoms with van der Waals surface area (Å²) in [5.74, 6) is -0.404. The largest absolute Gasteiger partial charge is 0.454 e. The van der Waals surface area contributed by atoms with Gasteiger partial charge in [0, 0.05) is 11.8 Å². The van der Waals surface area contributed by atoms with Crippen molar-refractivity contribution in [1.29, 1.82) is 0 Å². The number of esters is 1. The SMILES string of the molecule is O=C(Cc1noc2ccccc12)O[C@H]1CCCCC1=O. The molecule has 1 aromatic heterocycles. The molecular weight excluding hydrogens is 258 g/mol. The van der Waals surface area contributed by atoms with Crippen LogP contribution in [0, 0.1) is 0 Å². The number of Topliss-reactive ketones (excluding diaryl/α,β-unsaturated/α-hetero) is 1. The van der Waals surface area contributed by atoms with E-state index in [9.17, 15) is 9.59 Å². The summed E-state index contributed by atoms with van der Waals surface area (Å²) in [5, 5.41) is 4.69. The van der Waals surface area contributed by atoms with Crippen LogP contribution in [0.4, 0.5) is 0 Å². The van der Waals surface area contributed by atoms with Gasteiger partial charge in [-0.1, -0.05) is 17.3 Å². The molecule has 0 unspecified atom stereocenters. The molecule has 1 saturated carbocycles. The van der Waals surface area contributed by atoms with Gasteiger partial charge in [-0.15, -0.1) is 0 Å². The van der Waals surface area contributed by atoms with Gasteiger partial charge in [-0.3, -0.25) is 9.59 Å². The zero-order valence-electron chi connectivity index (χ0n) is 11.0. The van der Waals surface area contributed by atoms with Crippen molar-refractivity contribution < 1.29 is 18.8 Å². The van der Waals surface area contributed by atoms with Gasteiger partial charge >= 0.3 is 5.97 Å². The van der Waals surface area contributed by atoms with Crippen LogP contribution >= 0.6 is 0 Å². The lowest BCUT2D eigenvalue weighted by Crippen LogP contribution is -2.30. The van der Waals surface area contributed by atoms with Crippen LogP contribution in [-0.4, -0.2) is 23.0 Å². The second-order valence-corrected chi connectivity index (χ2v) is 4.99. The minimum atomic E-state index is -0.575. The van der Waals surface area contributed by atoms with E-state index >= 15 is 0 Å². The number of hydrogen-bond donors (Lipinski definition) is 0. The van der Waals surface area contributed by atoms with Crippen LogP contribution in [0.1, 0.15) is 31.4 Å². The third kappa shape index (κ3) is 2.57. The summed E-state index contributed by atoms with van der Waals surface area (Å²) >= 11 is 0. The van der Waals surface area contributed by atoms with Gasteiger partial charge < -0.3 is 9.26 Å². The first-order valence-corrected chi connectivity index (χ1v) is 6.79. The average molecular weight is 273 g/mol. The van der Waals surface area contributed by atoms with Gasteiger partial charge in [-0.25, -0.2) is 0 Å². The molecule has 1 fully saturated rings. The summed E-state index contributed by atoms with van der Waals surface area (Å²) in [6.07, 6.45) is 2.40. The molecule has 0 amide bonds. The number of hydrogen-bond acceptors (Lipinski definition) is 5. The van der Waals surface area contributed by atoms with Crippen LogP contribution in [0.3, 0.4) is 0 Å². The molecule has 0 radical (unpaired) electrons. The molecule has 3 rings (SSSR count). The third-order valence-corrected chi connectivity index (χ3v) is 3.54. The van der Waals surface area contributed by atoms with E-state index in [1.807, 2.05) is 18.2 Å². The summed E-state index contributed by atoms with van der Waals surface area (Å²) in [6.45, 7) is 0. The summed E-state index contributed by atoms with van der Waals surface area (Å²) in [7, 11) is 0. The Labute approximate surface area is 115 Å². The first-order valence-electron chi connectivity index (χ1n) is 6.79. The number of ketones is 1. The van der Waals surface area contributed by atoms with Gasteiger partial charge in [0.05, 0.1) is 6.42 Å². The molecule has 1 aliphatic rings. The Morgan fingerprint density at radius 1 is 1.35 bits per heavy atom. The molecule has 1 heterocycles. The highest BCUT2D eigenvalue weighted by atomic mass is 16.5. The van der Waals surface area contributed by atoms with Crippen LogP contribution < -0.4 is 0 Å². The van der Waals surface area contributed by atoms with Gasteiger partial charge in [-0.2, -0.15) is 0 Å². The minimum absolute atomic E-state index is 0.0228. The molecule has 0 aliphatic heterocycles. The Kier molecular flexibility index (Phi) is 3.50. The number of ether oxygens (including phenoxy) is 1. The second kappa shape index (κ2) is 5.45. The van der Waals surface area contributed by atoms with E-state index in [-0.39, 0.29) is 12.2 Å². The van der Waals surface area contributed by atoms with E-state index in [0.717, 1.165) is 18.2 Å². The highest BCUT2D eigenvalue weighted by molar-refractivity contribution is 5.88. The molecule has 2 aromatic rings. The number of fused-ring (bicyclic) bond motifs is 1. The lowest BCUT2D eigenvalue weighted by molar-refractivity contribution is -0.156. The topological polar surface area (TPSA) is 69.4 Å². The summed E-state index contributed by atoms with van der Waals surface area (Å²) in [4.78, 5) is 23.5. The van der Waals surface area contributed by atoms with E-state index in [1.165, 1.54) is 0 Å². The standard InChI is InChI=1S/C15H15NO4/c17-12-6-2-4-8-14(12)19-15(18)9-11-10-5-1-3-7-13(10)20-16-11/h1,3,5,7,14H,2,4,6,8-9H2/t14-/m0/s1. The minimum Gasteiger partial charge on any atom is -0.454 e. The van der Waals surface area contributed by atoms with Crippen molar-refractivity contribution in [2.45, 2.75) is 38.2 Å². The molecule has 0 spiro atoms. The molecule has 20 heavy (non-hydrogen) atoms. The van der Waals surface area contributed by atoms with Crippen LogP contribution in [0.5, 0.6) is 0 Å². The predicted octanol–water partition coefficient (Wildman–Crippen LogP) is 2.43. The number of nitrogens with zero attached hydrogens (tertiary/aromatic N) is 1. The highest BCUT2D eigenvalue weighted by Gasteiger charge is 2.26. The second-order valence-electron chi connectivity index (χ2n) is 4.99. The number of carbonyl (C=O) groups excluding carboxylic acids is 2. The Morgan fingerprint density at radius 3 is 3.05 bits per heavy atom. The Balaban J connectivity index is 1.68. The van der Waals surface area contributed by atoms with Gasteiger partial charge in [-0.05, 0) is 31.4 Å². The fourth-order valence-corrected chi connectivity index (χ4v) is 2.48. The summed E-state index contributed by atoms with van der Waals surface area (Å²) in [5.41, 5.74) is 1.19. The lowest BCUT2D eigenvalue weighted by atomic mass is 9.96. The van der Waals surface area contributed by atoms with Gasteiger partial charge in [0.25, 0.3) is 0 Å². The molecule has 104 valence electrons. The van der Waals surface area contributed by atoms with Crippen molar-refractivity contribution in [2.75, 3.05) is 0 Å². The molecule has 5 heteroatoms. The summed E-state index contributed by atoms with van der Waals surface area (Å²) < 4.78 is 10.4. The molecule has 0 saturated heterocycles. The monoisotopic (exact) mass is 273 g/mol. The zero-order valence-corrected chi connectivity index (χ0v) is 11.0. The number of carbonyl (C=O) groups is 2. The first-order chi connectivity index (χ1) is 9.74. The molecule has 0 bridgehead atoms. The maximum atomic E-state index is 11.9.